The van der Waals surface area contributed by atoms with Gasteiger partial charge in [0.2, 0.25) is 0 Å². The van der Waals surface area contributed by atoms with E-state index < -0.39 is 0 Å². The van der Waals surface area contributed by atoms with Crippen LogP contribution in [0.2, 0.25) is 0 Å². The second kappa shape index (κ2) is 10.9. The maximum atomic E-state index is 5.99. The van der Waals surface area contributed by atoms with Gasteiger partial charge < -0.3 is 20.7 Å². The molecule has 1 aliphatic rings. The molecule has 136 valence electrons. The van der Waals surface area contributed by atoms with E-state index in [1.807, 2.05) is 0 Å². The minimum Gasteiger partial charge on any atom is -0.376 e. The van der Waals surface area contributed by atoms with Crippen LogP contribution in [0.1, 0.15) is 36.9 Å². The zero-order chi connectivity index (χ0) is 16.7. The molecule has 1 heterocycles. The summed E-state index contributed by atoms with van der Waals surface area (Å²) >= 11 is 0. The van der Waals surface area contributed by atoms with Crippen LogP contribution in [0.15, 0.2) is 29.3 Å². The van der Waals surface area contributed by atoms with Crippen molar-refractivity contribution in [3.8, 4) is 0 Å². The average molecular weight is 446 g/mol. The molecule has 1 aromatic rings. The fraction of sp³-hybridized carbons (Fsp3) is 0.611. The molecule has 0 saturated carbocycles. The van der Waals surface area contributed by atoms with Gasteiger partial charge in [-0.25, -0.2) is 0 Å². The molecule has 1 fully saturated rings. The summed E-state index contributed by atoms with van der Waals surface area (Å²) < 4.78 is 5.58. The van der Waals surface area contributed by atoms with Crippen LogP contribution in [0.4, 0.5) is 0 Å². The molecule has 0 bridgehead atoms. The lowest BCUT2D eigenvalue weighted by Gasteiger charge is -2.23. The molecule has 0 amide bonds. The standard InChI is InChI=1S/C18H30N4O.HI/c1-4-14-7-9-15(10-8-14)17(22(2)3)13-21-18(19)20-12-16-6-5-11-23-16;/h7-10,16-17H,4-6,11-13H2,1-3H3,(H3,19,20,21);1H. The van der Waals surface area contributed by atoms with E-state index in [0.29, 0.717) is 12.5 Å². The first-order valence-electron chi connectivity index (χ1n) is 8.50. The number of likely N-dealkylation sites (N-methyl/N-ethyl adjacent to an activating group) is 1. The molecule has 0 radical (unpaired) electrons. The van der Waals surface area contributed by atoms with Crippen LogP contribution in [0.5, 0.6) is 0 Å². The second-order valence-corrected chi connectivity index (χ2v) is 6.32. The van der Waals surface area contributed by atoms with Crippen molar-refractivity contribution in [2.75, 3.05) is 33.8 Å². The van der Waals surface area contributed by atoms with Crippen molar-refractivity contribution in [2.45, 2.75) is 38.3 Å². The second-order valence-electron chi connectivity index (χ2n) is 6.32. The van der Waals surface area contributed by atoms with E-state index in [2.05, 4.69) is 60.5 Å². The molecule has 0 spiro atoms. The van der Waals surface area contributed by atoms with Gasteiger partial charge in [-0.2, -0.15) is 0 Å². The summed E-state index contributed by atoms with van der Waals surface area (Å²) in [6.45, 7) is 4.42. The summed E-state index contributed by atoms with van der Waals surface area (Å²) in [7, 11) is 4.15. The Labute approximate surface area is 163 Å². The predicted octanol–water partition coefficient (Wildman–Crippen LogP) is 2.55. The van der Waals surface area contributed by atoms with Gasteiger partial charge >= 0.3 is 0 Å². The summed E-state index contributed by atoms with van der Waals surface area (Å²) in [5, 5.41) is 3.17. The van der Waals surface area contributed by atoms with Crippen LogP contribution in [0.25, 0.3) is 0 Å². The van der Waals surface area contributed by atoms with Gasteiger partial charge in [-0.1, -0.05) is 31.2 Å². The fourth-order valence-electron chi connectivity index (χ4n) is 2.81. The molecule has 6 heteroatoms. The van der Waals surface area contributed by atoms with Crippen molar-refractivity contribution in [1.29, 1.82) is 0 Å². The maximum absolute atomic E-state index is 5.99. The van der Waals surface area contributed by atoms with Gasteiger partial charge in [0.05, 0.1) is 18.7 Å². The van der Waals surface area contributed by atoms with Crippen molar-refractivity contribution >= 4 is 29.9 Å². The topological polar surface area (TPSA) is 62.9 Å². The van der Waals surface area contributed by atoms with Crippen LogP contribution in [-0.4, -0.2) is 50.8 Å². The highest BCUT2D eigenvalue weighted by Gasteiger charge is 2.16. The SMILES string of the molecule is CCc1ccc(C(CN=C(N)NCC2CCCO2)N(C)C)cc1.I. The zero-order valence-corrected chi connectivity index (χ0v) is 17.3. The highest BCUT2D eigenvalue weighted by molar-refractivity contribution is 14.0. The Kier molecular flexibility index (Phi) is 9.61. The highest BCUT2D eigenvalue weighted by atomic mass is 127. The number of ether oxygens (including phenoxy) is 1. The largest absolute Gasteiger partial charge is 0.376 e. The highest BCUT2D eigenvalue weighted by Crippen LogP contribution is 2.19. The van der Waals surface area contributed by atoms with Crippen molar-refractivity contribution in [1.82, 2.24) is 10.2 Å². The van der Waals surface area contributed by atoms with E-state index in [0.717, 1.165) is 32.4 Å². The lowest BCUT2D eigenvalue weighted by Crippen LogP contribution is -2.38. The molecule has 2 unspecified atom stereocenters. The third kappa shape index (κ3) is 6.57. The lowest BCUT2D eigenvalue weighted by molar-refractivity contribution is 0.114. The molecule has 0 aliphatic carbocycles. The summed E-state index contributed by atoms with van der Waals surface area (Å²) in [6, 6.07) is 8.98. The smallest absolute Gasteiger partial charge is 0.188 e. The van der Waals surface area contributed by atoms with E-state index >= 15 is 0 Å². The Hall–Kier alpha value is -0.860. The molecule has 2 atom stereocenters. The number of benzene rings is 1. The van der Waals surface area contributed by atoms with Crippen LogP contribution < -0.4 is 11.1 Å². The molecule has 5 nitrogen and oxygen atoms in total. The molecule has 0 aromatic heterocycles. The van der Waals surface area contributed by atoms with Gasteiger partial charge in [-0.15, -0.1) is 24.0 Å². The summed E-state index contributed by atoms with van der Waals surface area (Å²) in [5.74, 6) is 0.498. The van der Waals surface area contributed by atoms with Crippen molar-refractivity contribution in [3.05, 3.63) is 35.4 Å². The van der Waals surface area contributed by atoms with Gasteiger partial charge in [0.25, 0.3) is 0 Å². The number of guanidine groups is 1. The number of hydrogen-bond acceptors (Lipinski definition) is 3. The van der Waals surface area contributed by atoms with Crippen LogP contribution >= 0.6 is 24.0 Å². The molecule has 1 saturated heterocycles. The molecule has 24 heavy (non-hydrogen) atoms. The predicted molar refractivity (Wildman–Crippen MR) is 111 cm³/mol. The number of nitrogens with one attached hydrogen (secondary N) is 1. The Bertz CT molecular complexity index is 498. The number of hydrogen-bond donors (Lipinski definition) is 2. The first-order valence-corrected chi connectivity index (χ1v) is 8.50. The summed E-state index contributed by atoms with van der Waals surface area (Å²) in [6.07, 6.45) is 3.57. The Balaban J connectivity index is 0.00000288. The fourth-order valence-corrected chi connectivity index (χ4v) is 2.81. The van der Waals surface area contributed by atoms with Gasteiger partial charge in [-0.05, 0) is 44.5 Å². The molecule has 3 N–H and O–H groups in total. The number of aliphatic imine (C=N–C) groups is 1. The Morgan fingerprint density at radius 3 is 2.62 bits per heavy atom. The van der Waals surface area contributed by atoms with Crippen LogP contribution in [-0.2, 0) is 11.2 Å². The molecular weight excluding hydrogens is 415 g/mol. The number of aryl methyl sites for hydroxylation is 1. The van der Waals surface area contributed by atoms with Crippen molar-refractivity contribution in [2.24, 2.45) is 10.7 Å². The number of halogens is 1. The van der Waals surface area contributed by atoms with E-state index in [1.165, 1.54) is 11.1 Å². The van der Waals surface area contributed by atoms with Gasteiger partial charge in [-0.3, -0.25) is 4.99 Å². The maximum Gasteiger partial charge on any atom is 0.188 e. The van der Waals surface area contributed by atoms with Gasteiger partial charge in [0, 0.05) is 13.2 Å². The van der Waals surface area contributed by atoms with Gasteiger partial charge in [0.1, 0.15) is 0 Å². The van der Waals surface area contributed by atoms with Crippen LogP contribution in [0.3, 0.4) is 0 Å². The van der Waals surface area contributed by atoms with E-state index in [9.17, 15) is 0 Å². The average Bonchev–Trinajstić information content (AvgIpc) is 3.07. The molecule has 2 rings (SSSR count). The number of nitrogens with two attached hydrogens (primary N) is 1. The van der Waals surface area contributed by atoms with Crippen LogP contribution in [0, 0.1) is 0 Å². The number of rotatable bonds is 7. The van der Waals surface area contributed by atoms with E-state index in [1.54, 1.807) is 0 Å². The van der Waals surface area contributed by atoms with Crippen molar-refractivity contribution in [3.63, 3.8) is 0 Å². The minimum absolute atomic E-state index is 0. The normalized spacial score (nSPS) is 19.2. The van der Waals surface area contributed by atoms with E-state index in [4.69, 9.17) is 10.5 Å². The Morgan fingerprint density at radius 2 is 2.08 bits per heavy atom. The lowest BCUT2D eigenvalue weighted by atomic mass is 10.0. The molecule has 1 aromatic carbocycles. The molecular formula is C18H31IN4O. The summed E-state index contributed by atoms with van der Waals surface area (Å²) in [4.78, 5) is 6.69. The van der Waals surface area contributed by atoms with E-state index in [-0.39, 0.29) is 36.1 Å². The minimum atomic E-state index is 0. The first kappa shape index (κ1) is 21.2. The quantitative estimate of drug-likeness (QED) is 0.384. The summed E-state index contributed by atoms with van der Waals surface area (Å²) in [5.41, 5.74) is 8.61. The number of nitrogens with zero attached hydrogens (tertiary/aromatic N) is 2. The molecule has 1 aliphatic heterocycles. The zero-order valence-electron chi connectivity index (χ0n) is 15.0. The van der Waals surface area contributed by atoms with Gasteiger partial charge in [0.15, 0.2) is 5.96 Å². The Morgan fingerprint density at radius 1 is 1.38 bits per heavy atom. The third-order valence-electron chi connectivity index (χ3n) is 4.37. The first-order chi connectivity index (χ1) is 11.1. The third-order valence-corrected chi connectivity index (χ3v) is 4.37. The van der Waals surface area contributed by atoms with Crippen molar-refractivity contribution < 1.29 is 4.74 Å². The monoisotopic (exact) mass is 446 g/mol.